The Labute approximate surface area is 148 Å². The average Bonchev–Trinajstić information content (AvgIpc) is 2.65. The van der Waals surface area contributed by atoms with E-state index in [1.54, 1.807) is 36.7 Å². The number of hydrogen-bond donors (Lipinski definition) is 1. The molecule has 0 bridgehead atoms. The summed E-state index contributed by atoms with van der Waals surface area (Å²) in [5.41, 5.74) is 2.41. The molecule has 0 saturated carbocycles. The summed E-state index contributed by atoms with van der Waals surface area (Å²) in [5, 5.41) is 0. The fraction of sp³-hybridized carbons (Fsp3) is 0.316. The zero-order valence-corrected chi connectivity index (χ0v) is 14.7. The van der Waals surface area contributed by atoms with Gasteiger partial charge in [-0.15, -0.1) is 0 Å². The maximum Gasteiger partial charge on any atom is 0.241 e. The molecule has 1 aliphatic rings. The van der Waals surface area contributed by atoms with E-state index in [2.05, 4.69) is 21.5 Å². The Bertz CT molecular complexity index is 884. The lowest BCUT2D eigenvalue weighted by Gasteiger charge is -2.16. The third-order valence-electron chi connectivity index (χ3n) is 4.05. The van der Waals surface area contributed by atoms with Gasteiger partial charge in [0.2, 0.25) is 10.0 Å². The van der Waals surface area contributed by atoms with Crippen molar-refractivity contribution in [2.75, 3.05) is 13.2 Å². The molecule has 1 heterocycles. The molecule has 0 spiro atoms. The summed E-state index contributed by atoms with van der Waals surface area (Å²) in [6, 6.07) is 8.95. The molecule has 130 valence electrons. The quantitative estimate of drug-likeness (QED) is 0.835. The second-order valence-corrected chi connectivity index (χ2v) is 7.56. The van der Waals surface area contributed by atoms with E-state index in [9.17, 15) is 8.42 Å². The number of nitrogens with one attached hydrogen (secondary N) is 1. The number of aromatic nitrogens is 1. The molecule has 0 unspecified atom stereocenters. The number of hydrogen-bond acceptors (Lipinski definition) is 4. The molecule has 0 amide bonds. The normalized spacial score (nSPS) is 13.4. The maximum absolute atomic E-state index is 12.4. The van der Waals surface area contributed by atoms with E-state index in [4.69, 9.17) is 4.74 Å². The molecule has 0 fully saturated rings. The van der Waals surface area contributed by atoms with E-state index in [1.165, 1.54) is 12.0 Å². The standard InChI is InChI=1S/C19H20N2O3S/c22-25(23,19-10-9-16-6-1-2-7-17(16)14-19)21-12-3-4-13-24-18-8-5-11-20-15-18/h5,8-11,14-15,21H,1-2,6-7,12-13H2. The van der Waals surface area contributed by atoms with Gasteiger partial charge < -0.3 is 4.74 Å². The largest absolute Gasteiger partial charge is 0.479 e. The average molecular weight is 356 g/mol. The second kappa shape index (κ2) is 8.15. The summed E-state index contributed by atoms with van der Waals surface area (Å²) < 4.78 is 32.6. The molecule has 0 atom stereocenters. The summed E-state index contributed by atoms with van der Waals surface area (Å²) in [5.74, 6) is 6.17. The van der Waals surface area contributed by atoms with Crippen molar-refractivity contribution >= 4 is 10.0 Å². The highest BCUT2D eigenvalue weighted by Crippen LogP contribution is 2.23. The number of nitrogens with zero attached hydrogens (tertiary/aromatic N) is 1. The van der Waals surface area contributed by atoms with Gasteiger partial charge in [0.15, 0.2) is 0 Å². The molecule has 1 N–H and O–H groups in total. The zero-order chi connectivity index (χ0) is 17.5. The van der Waals surface area contributed by atoms with Gasteiger partial charge in [0.1, 0.15) is 12.4 Å². The van der Waals surface area contributed by atoms with Crippen molar-refractivity contribution in [1.82, 2.24) is 9.71 Å². The monoisotopic (exact) mass is 356 g/mol. The van der Waals surface area contributed by atoms with Gasteiger partial charge in [-0.2, -0.15) is 4.72 Å². The first kappa shape index (κ1) is 17.5. The molecule has 0 radical (unpaired) electrons. The van der Waals surface area contributed by atoms with E-state index in [0.29, 0.717) is 10.6 Å². The molecule has 2 aromatic rings. The second-order valence-electron chi connectivity index (χ2n) is 5.79. The number of benzene rings is 1. The van der Waals surface area contributed by atoms with Crippen LogP contribution in [0.5, 0.6) is 5.75 Å². The van der Waals surface area contributed by atoms with Crippen LogP contribution in [0, 0.1) is 11.8 Å². The highest BCUT2D eigenvalue weighted by molar-refractivity contribution is 7.89. The summed E-state index contributed by atoms with van der Waals surface area (Å²) >= 11 is 0. The number of rotatable bonds is 5. The fourth-order valence-electron chi connectivity index (χ4n) is 2.76. The number of ether oxygens (including phenoxy) is 1. The summed E-state index contributed by atoms with van der Waals surface area (Å²) in [6.45, 7) is 0.238. The smallest absolute Gasteiger partial charge is 0.241 e. The van der Waals surface area contributed by atoms with Crippen molar-refractivity contribution in [2.45, 2.75) is 30.6 Å². The van der Waals surface area contributed by atoms with Crippen LogP contribution in [0.15, 0.2) is 47.6 Å². The molecular weight excluding hydrogens is 336 g/mol. The lowest BCUT2D eigenvalue weighted by atomic mass is 9.92. The van der Waals surface area contributed by atoms with Crippen molar-refractivity contribution in [3.8, 4) is 17.6 Å². The fourth-order valence-corrected chi connectivity index (χ4v) is 3.73. The molecule has 1 aromatic carbocycles. The van der Waals surface area contributed by atoms with Gasteiger partial charge in [-0.1, -0.05) is 17.9 Å². The molecule has 25 heavy (non-hydrogen) atoms. The Balaban J connectivity index is 1.53. The minimum absolute atomic E-state index is 0.0514. The van der Waals surface area contributed by atoms with E-state index in [-0.39, 0.29) is 13.2 Å². The summed E-state index contributed by atoms with van der Waals surface area (Å²) in [6.07, 6.45) is 7.53. The zero-order valence-electron chi connectivity index (χ0n) is 13.9. The molecule has 0 aliphatic heterocycles. The van der Waals surface area contributed by atoms with Gasteiger partial charge in [0.05, 0.1) is 17.6 Å². The first-order valence-electron chi connectivity index (χ1n) is 8.25. The van der Waals surface area contributed by atoms with E-state index in [1.807, 2.05) is 6.07 Å². The highest BCUT2D eigenvalue weighted by atomic mass is 32.2. The van der Waals surface area contributed by atoms with Crippen molar-refractivity contribution in [2.24, 2.45) is 0 Å². The maximum atomic E-state index is 12.4. The van der Waals surface area contributed by atoms with Crippen molar-refractivity contribution in [3.05, 3.63) is 53.9 Å². The van der Waals surface area contributed by atoms with Crippen molar-refractivity contribution < 1.29 is 13.2 Å². The lowest BCUT2D eigenvalue weighted by molar-refractivity contribution is 0.368. The van der Waals surface area contributed by atoms with Crippen LogP contribution in [0.3, 0.4) is 0 Å². The summed E-state index contributed by atoms with van der Waals surface area (Å²) in [7, 11) is -3.54. The van der Waals surface area contributed by atoms with Crippen molar-refractivity contribution in [3.63, 3.8) is 0 Å². The first-order chi connectivity index (χ1) is 12.1. The molecule has 6 heteroatoms. The van der Waals surface area contributed by atoms with Gasteiger partial charge in [0.25, 0.3) is 0 Å². The van der Waals surface area contributed by atoms with E-state index in [0.717, 1.165) is 24.8 Å². The molecule has 3 rings (SSSR count). The Morgan fingerprint density at radius 2 is 1.96 bits per heavy atom. The van der Waals surface area contributed by atoms with Crippen LogP contribution in [-0.4, -0.2) is 26.6 Å². The lowest BCUT2D eigenvalue weighted by Crippen LogP contribution is -2.24. The van der Waals surface area contributed by atoms with Crippen LogP contribution >= 0.6 is 0 Å². The number of pyridine rings is 1. The van der Waals surface area contributed by atoms with Crippen LogP contribution in [0.2, 0.25) is 0 Å². The van der Waals surface area contributed by atoms with Gasteiger partial charge in [-0.05, 0) is 61.1 Å². The third-order valence-corrected chi connectivity index (χ3v) is 5.45. The van der Waals surface area contributed by atoms with Crippen LogP contribution in [0.25, 0.3) is 0 Å². The summed E-state index contributed by atoms with van der Waals surface area (Å²) in [4.78, 5) is 4.24. The molecule has 1 aliphatic carbocycles. The predicted octanol–water partition coefficient (Wildman–Crippen LogP) is 2.32. The third kappa shape index (κ3) is 4.81. The molecule has 5 nitrogen and oxygen atoms in total. The van der Waals surface area contributed by atoms with E-state index < -0.39 is 10.0 Å². The van der Waals surface area contributed by atoms with Gasteiger partial charge >= 0.3 is 0 Å². The topological polar surface area (TPSA) is 68.3 Å². The van der Waals surface area contributed by atoms with Crippen LogP contribution in [-0.2, 0) is 22.9 Å². The molecule has 0 saturated heterocycles. The Kier molecular flexibility index (Phi) is 5.69. The Morgan fingerprint density at radius 1 is 1.12 bits per heavy atom. The minimum Gasteiger partial charge on any atom is -0.479 e. The number of fused-ring (bicyclic) bond motifs is 1. The van der Waals surface area contributed by atoms with Crippen molar-refractivity contribution in [1.29, 1.82) is 0 Å². The number of aryl methyl sites for hydroxylation is 2. The number of sulfonamides is 1. The van der Waals surface area contributed by atoms with Crippen LogP contribution in [0.1, 0.15) is 24.0 Å². The van der Waals surface area contributed by atoms with Crippen LogP contribution in [0.4, 0.5) is 0 Å². The predicted molar refractivity (Wildman–Crippen MR) is 95.8 cm³/mol. The molecular formula is C19H20N2O3S. The van der Waals surface area contributed by atoms with Gasteiger partial charge in [-0.3, -0.25) is 4.98 Å². The van der Waals surface area contributed by atoms with Gasteiger partial charge in [-0.25, -0.2) is 8.42 Å². The highest BCUT2D eigenvalue weighted by Gasteiger charge is 2.16. The molecule has 1 aromatic heterocycles. The van der Waals surface area contributed by atoms with E-state index >= 15 is 0 Å². The SMILES string of the molecule is O=S(=O)(NCC#CCOc1cccnc1)c1ccc2c(c1)CCCC2. The van der Waals surface area contributed by atoms with Gasteiger partial charge in [0, 0.05) is 6.20 Å². The Morgan fingerprint density at radius 3 is 2.76 bits per heavy atom. The minimum atomic E-state index is -3.54. The first-order valence-corrected chi connectivity index (χ1v) is 9.73. The van der Waals surface area contributed by atoms with Crippen LogP contribution < -0.4 is 9.46 Å². The Hall–Kier alpha value is -2.36.